The van der Waals surface area contributed by atoms with Crippen molar-refractivity contribution < 1.29 is 5.11 Å². The molecule has 1 rings (SSSR count). The molecular weight excluding hydrogens is 172 g/mol. The van der Waals surface area contributed by atoms with Crippen molar-refractivity contribution in [1.82, 2.24) is 0 Å². The highest BCUT2D eigenvalue weighted by Gasteiger charge is 2.10. The van der Waals surface area contributed by atoms with Gasteiger partial charge >= 0.3 is 0 Å². The van der Waals surface area contributed by atoms with E-state index in [1.54, 1.807) is 6.07 Å². The summed E-state index contributed by atoms with van der Waals surface area (Å²) in [6.45, 7) is 7.99. The quantitative estimate of drug-likeness (QED) is 0.716. The Kier molecular flexibility index (Phi) is 3.75. The second-order valence-corrected chi connectivity index (χ2v) is 3.69. The smallest absolute Gasteiger partial charge is 0.119 e. The first-order valence-corrected chi connectivity index (χ1v) is 5.11. The number of rotatable bonds is 4. The summed E-state index contributed by atoms with van der Waals surface area (Å²) in [6, 6.07) is 5.72. The minimum Gasteiger partial charge on any atom is -0.508 e. The zero-order chi connectivity index (χ0) is 10.6. The lowest BCUT2D eigenvalue weighted by Gasteiger charge is -2.14. The molecule has 0 aliphatic carbocycles. The van der Waals surface area contributed by atoms with Crippen LogP contribution in [0.3, 0.4) is 0 Å². The molecule has 0 aliphatic heterocycles. The van der Waals surface area contributed by atoms with Crippen molar-refractivity contribution in [3.8, 4) is 5.75 Å². The Morgan fingerprint density at radius 3 is 2.79 bits per heavy atom. The number of phenols is 1. The predicted molar refractivity (Wildman–Crippen MR) is 60.7 cm³/mol. The fourth-order valence-electron chi connectivity index (χ4n) is 1.68. The zero-order valence-corrected chi connectivity index (χ0v) is 8.96. The summed E-state index contributed by atoms with van der Waals surface area (Å²) in [6.07, 6.45) is 4.06. The lowest BCUT2D eigenvalue weighted by Crippen LogP contribution is -1.95. The van der Waals surface area contributed by atoms with E-state index in [4.69, 9.17) is 0 Å². The number of hydrogen-bond acceptors (Lipinski definition) is 1. The van der Waals surface area contributed by atoms with E-state index < -0.39 is 0 Å². The van der Waals surface area contributed by atoms with Crippen LogP contribution in [0, 0.1) is 6.92 Å². The van der Waals surface area contributed by atoms with Gasteiger partial charge in [-0.2, -0.15) is 0 Å². The second kappa shape index (κ2) is 4.85. The molecule has 0 fully saturated rings. The van der Waals surface area contributed by atoms with Gasteiger partial charge in [0.25, 0.3) is 0 Å². The Labute approximate surface area is 86.1 Å². The Hall–Kier alpha value is -1.24. The van der Waals surface area contributed by atoms with Crippen LogP contribution < -0.4 is 0 Å². The molecule has 0 heterocycles. The van der Waals surface area contributed by atoms with Crippen molar-refractivity contribution in [3.63, 3.8) is 0 Å². The van der Waals surface area contributed by atoms with Crippen LogP contribution in [0.4, 0.5) is 0 Å². The first-order chi connectivity index (χ1) is 6.69. The number of benzene rings is 1. The minimum absolute atomic E-state index is 0.278. The summed E-state index contributed by atoms with van der Waals surface area (Å²) in [4.78, 5) is 0. The van der Waals surface area contributed by atoms with E-state index in [-0.39, 0.29) is 5.92 Å². The second-order valence-electron chi connectivity index (χ2n) is 3.69. The maximum Gasteiger partial charge on any atom is 0.119 e. The molecule has 1 nitrogen and oxygen atoms in total. The molecule has 1 aromatic rings. The number of phenolic OH excluding ortho intramolecular Hbond substituents is 1. The molecule has 1 unspecified atom stereocenters. The lowest BCUT2D eigenvalue weighted by molar-refractivity contribution is 0.463. The molecule has 1 N–H and O–H groups in total. The fourth-order valence-corrected chi connectivity index (χ4v) is 1.68. The van der Waals surface area contributed by atoms with E-state index in [1.807, 2.05) is 25.1 Å². The molecule has 76 valence electrons. The molecule has 0 amide bonds. The fraction of sp³-hybridized carbons (Fsp3) is 0.385. The van der Waals surface area contributed by atoms with Gasteiger partial charge in [0.2, 0.25) is 0 Å². The molecule has 1 heteroatoms. The SMILES string of the molecule is C=CC(CCC)c1cc(C)ccc1O. The van der Waals surface area contributed by atoms with Crippen molar-refractivity contribution in [3.05, 3.63) is 42.0 Å². The van der Waals surface area contributed by atoms with Crippen LogP contribution in [-0.2, 0) is 0 Å². The van der Waals surface area contributed by atoms with Crippen molar-refractivity contribution in [1.29, 1.82) is 0 Å². The van der Waals surface area contributed by atoms with Gasteiger partial charge in [0.05, 0.1) is 0 Å². The maximum atomic E-state index is 9.72. The molecule has 0 bridgehead atoms. The van der Waals surface area contributed by atoms with Gasteiger partial charge in [-0.1, -0.05) is 37.1 Å². The Bertz CT molecular complexity index is 315. The number of aromatic hydroxyl groups is 1. The Morgan fingerprint density at radius 1 is 1.50 bits per heavy atom. The summed E-state index contributed by atoms with van der Waals surface area (Å²) in [5.41, 5.74) is 2.18. The first-order valence-electron chi connectivity index (χ1n) is 5.11. The predicted octanol–water partition coefficient (Wildman–Crippen LogP) is 3.77. The van der Waals surface area contributed by atoms with E-state index in [1.165, 1.54) is 5.56 Å². The third-order valence-electron chi connectivity index (χ3n) is 2.47. The van der Waals surface area contributed by atoms with Gasteiger partial charge in [0, 0.05) is 11.5 Å². The molecule has 0 spiro atoms. The van der Waals surface area contributed by atoms with E-state index in [0.717, 1.165) is 18.4 Å². The third kappa shape index (κ3) is 2.38. The number of hydrogen-bond donors (Lipinski definition) is 1. The Balaban J connectivity index is 3.01. The van der Waals surface area contributed by atoms with Gasteiger partial charge in [0.1, 0.15) is 5.75 Å². The highest BCUT2D eigenvalue weighted by molar-refractivity contribution is 5.39. The van der Waals surface area contributed by atoms with Gasteiger partial charge in [-0.05, 0) is 19.4 Å². The number of allylic oxidation sites excluding steroid dienone is 1. The molecule has 1 atom stereocenters. The Morgan fingerprint density at radius 2 is 2.21 bits per heavy atom. The molecule has 0 aliphatic rings. The van der Waals surface area contributed by atoms with E-state index in [2.05, 4.69) is 13.5 Å². The first kappa shape index (κ1) is 10.8. The van der Waals surface area contributed by atoms with Crippen molar-refractivity contribution in [2.75, 3.05) is 0 Å². The highest BCUT2D eigenvalue weighted by Crippen LogP contribution is 2.30. The number of aryl methyl sites for hydroxylation is 1. The molecule has 0 saturated heterocycles. The van der Waals surface area contributed by atoms with Crippen LogP contribution in [0.1, 0.15) is 36.8 Å². The van der Waals surface area contributed by atoms with Crippen LogP contribution >= 0.6 is 0 Å². The van der Waals surface area contributed by atoms with E-state index >= 15 is 0 Å². The van der Waals surface area contributed by atoms with Crippen molar-refractivity contribution in [2.45, 2.75) is 32.6 Å². The zero-order valence-electron chi connectivity index (χ0n) is 8.96. The molecule has 0 radical (unpaired) electrons. The van der Waals surface area contributed by atoms with Gasteiger partial charge in [0.15, 0.2) is 0 Å². The van der Waals surface area contributed by atoms with Crippen LogP contribution in [0.25, 0.3) is 0 Å². The summed E-state index contributed by atoms with van der Waals surface area (Å²) in [5.74, 6) is 0.661. The van der Waals surface area contributed by atoms with Crippen LogP contribution in [0.2, 0.25) is 0 Å². The van der Waals surface area contributed by atoms with Crippen LogP contribution in [-0.4, -0.2) is 5.11 Å². The monoisotopic (exact) mass is 190 g/mol. The average Bonchev–Trinajstić information content (AvgIpc) is 2.18. The summed E-state index contributed by atoms with van der Waals surface area (Å²) in [7, 11) is 0. The van der Waals surface area contributed by atoms with E-state index in [9.17, 15) is 5.11 Å². The van der Waals surface area contributed by atoms with Crippen LogP contribution in [0.15, 0.2) is 30.9 Å². The summed E-state index contributed by atoms with van der Waals surface area (Å²) >= 11 is 0. The van der Waals surface area contributed by atoms with Gasteiger partial charge in [-0.25, -0.2) is 0 Å². The lowest BCUT2D eigenvalue weighted by atomic mass is 9.93. The van der Waals surface area contributed by atoms with Crippen molar-refractivity contribution in [2.24, 2.45) is 0 Å². The third-order valence-corrected chi connectivity index (χ3v) is 2.47. The molecular formula is C13H18O. The van der Waals surface area contributed by atoms with Crippen molar-refractivity contribution >= 4 is 0 Å². The topological polar surface area (TPSA) is 20.2 Å². The van der Waals surface area contributed by atoms with Crippen LogP contribution in [0.5, 0.6) is 5.75 Å². The molecule has 0 saturated carbocycles. The molecule has 0 aromatic heterocycles. The van der Waals surface area contributed by atoms with Gasteiger partial charge in [-0.3, -0.25) is 0 Å². The van der Waals surface area contributed by atoms with Gasteiger partial charge < -0.3 is 5.11 Å². The van der Waals surface area contributed by atoms with E-state index in [0.29, 0.717) is 5.75 Å². The largest absolute Gasteiger partial charge is 0.508 e. The minimum atomic E-state index is 0.278. The normalized spacial score (nSPS) is 12.4. The molecule has 1 aromatic carbocycles. The maximum absolute atomic E-state index is 9.72. The summed E-state index contributed by atoms with van der Waals surface area (Å²) in [5, 5.41) is 9.72. The summed E-state index contributed by atoms with van der Waals surface area (Å²) < 4.78 is 0. The average molecular weight is 190 g/mol. The highest BCUT2D eigenvalue weighted by atomic mass is 16.3. The molecule has 14 heavy (non-hydrogen) atoms. The van der Waals surface area contributed by atoms with Gasteiger partial charge in [-0.15, -0.1) is 6.58 Å². The standard InChI is InChI=1S/C13H18O/c1-4-6-11(5-2)12-9-10(3)7-8-13(12)14/h5,7-9,11,14H,2,4,6H2,1,3H3.